The maximum Gasteiger partial charge on any atom is 0.256 e. The molecule has 4 heteroatoms. The van der Waals surface area contributed by atoms with Gasteiger partial charge in [-0.1, -0.05) is 95.0 Å². The quantitative estimate of drug-likeness (QED) is 0.230. The average Bonchev–Trinajstić information content (AvgIpc) is 3.30. The third kappa shape index (κ3) is 8.48. The van der Waals surface area contributed by atoms with Crippen molar-refractivity contribution in [2.24, 2.45) is 11.8 Å². The van der Waals surface area contributed by atoms with Crippen molar-refractivity contribution in [3.8, 4) is 0 Å². The number of carbonyl (C=O) groups is 1. The lowest BCUT2D eigenvalue weighted by atomic mass is 9.90. The zero-order valence-corrected chi connectivity index (χ0v) is 25.3. The smallest absolute Gasteiger partial charge is 0.256 e. The Morgan fingerprint density at radius 3 is 2.58 bits per heavy atom. The van der Waals surface area contributed by atoms with Gasteiger partial charge in [0.05, 0.1) is 5.56 Å². The lowest BCUT2D eigenvalue weighted by molar-refractivity contribution is 0.0655. The number of allylic oxidation sites excluding steroid dienone is 9. The lowest BCUT2D eigenvalue weighted by Gasteiger charge is -2.35. The van der Waals surface area contributed by atoms with Crippen molar-refractivity contribution in [1.82, 2.24) is 9.47 Å². The van der Waals surface area contributed by atoms with E-state index in [1.807, 2.05) is 36.4 Å². The molecule has 0 saturated carbocycles. The van der Waals surface area contributed by atoms with Crippen LogP contribution in [0.5, 0.6) is 0 Å². The highest BCUT2D eigenvalue weighted by molar-refractivity contribution is 5.96. The van der Waals surface area contributed by atoms with Gasteiger partial charge in [0.1, 0.15) is 0 Å². The molecule has 1 aromatic carbocycles. The van der Waals surface area contributed by atoms with Crippen LogP contribution in [-0.2, 0) is 6.42 Å². The van der Waals surface area contributed by atoms with Crippen LogP contribution in [0.15, 0.2) is 91.6 Å². The van der Waals surface area contributed by atoms with E-state index in [0.29, 0.717) is 18.3 Å². The van der Waals surface area contributed by atoms with Gasteiger partial charge in [-0.3, -0.25) is 4.79 Å². The highest BCUT2D eigenvalue weighted by Crippen LogP contribution is 2.29. The van der Waals surface area contributed by atoms with Crippen molar-refractivity contribution < 1.29 is 4.79 Å². The highest BCUT2D eigenvalue weighted by Gasteiger charge is 2.30. The maximum atomic E-state index is 14.5. The Morgan fingerprint density at radius 2 is 1.93 bits per heavy atom. The van der Waals surface area contributed by atoms with E-state index in [4.69, 9.17) is 0 Å². The van der Waals surface area contributed by atoms with Gasteiger partial charge in [-0.05, 0) is 68.7 Å². The van der Waals surface area contributed by atoms with E-state index in [1.165, 1.54) is 5.70 Å². The van der Waals surface area contributed by atoms with Crippen LogP contribution < -0.4 is 5.32 Å². The van der Waals surface area contributed by atoms with Gasteiger partial charge in [0.25, 0.3) is 5.91 Å². The van der Waals surface area contributed by atoms with E-state index >= 15 is 0 Å². The number of para-hydroxylation sites is 1. The highest BCUT2D eigenvalue weighted by atomic mass is 16.2. The molecule has 2 atom stereocenters. The van der Waals surface area contributed by atoms with Crippen LogP contribution in [0.2, 0.25) is 0 Å². The number of rotatable bonds is 15. The number of amides is 1. The second-order valence-corrected chi connectivity index (χ2v) is 11.2. The molecule has 40 heavy (non-hydrogen) atoms. The zero-order valence-electron chi connectivity index (χ0n) is 25.3. The first-order chi connectivity index (χ1) is 19.4. The van der Waals surface area contributed by atoms with Gasteiger partial charge in [0.15, 0.2) is 0 Å². The first-order valence-corrected chi connectivity index (χ1v) is 15.0. The number of hydrogen-bond donors (Lipinski definition) is 1. The lowest BCUT2D eigenvalue weighted by Crippen LogP contribution is -2.46. The van der Waals surface area contributed by atoms with Gasteiger partial charge in [-0.25, -0.2) is 0 Å². The number of benzene rings is 1. The Balaban J connectivity index is 2.01. The van der Waals surface area contributed by atoms with E-state index in [9.17, 15) is 4.79 Å². The summed E-state index contributed by atoms with van der Waals surface area (Å²) in [6.45, 7) is 16.4. The molecule has 0 spiro atoms. The summed E-state index contributed by atoms with van der Waals surface area (Å²) in [7, 11) is 0. The third-order valence-corrected chi connectivity index (χ3v) is 7.87. The van der Waals surface area contributed by atoms with E-state index in [2.05, 4.69) is 98.5 Å². The van der Waals surface area contributed by atoms with E-state index in [-0.39, 0.29) is 11.9 Å². The predicted molar refractivity (Wildman–Crippen MR) is 173 cm³/mol. The summed E-state index contributed by atoms with van der Waals surface area (Å²) in [6, 6.07) is 12.5. The molecule has 0 aliphatic heterocycles. The van der Waals surface area contributed by atoms with Crippen molar-refractivity contribution in [2.75, 3.05) is 18.4 Å². The van der Waals surface area contributed by atoms with Gasteiger partial charge in [0, 0.05) is 48.3 Å². The SMILES string of the molecule is C=C/C=C\C=C/Cc1c(C(=O)N(CCC)C(CNc2ccccc2)CC(C)C(C)C)cc(C)n1C1=CC=CCC1. The summed E-state index contributed by atoms with van der Waals surface area (Å²) in [5, 5.41) is 3.63. The van der Waals surface area contributed by atoms with Crippen molar-refractivity contribution in [3.63, 3.8) is 0 Å². The molecule has 1 N–H and O–H groups in total. The van der Waals surface area contributed by atoms with Gasteiger partial charge in [-0.2, -0.15) is 0 Å². The topological polar surface area (TPSA) is 37.3 Å². The van der Waals surface area contributed by atoms with Gasteiger partial charge in [0.2, 0.25) is 0 Å². The van der Waals surface area contributed by atoms with Crippen molar-refractivity contribution in [1.29, 1.82) is 0 Å². The Kier molecular flexibility index (Phi) is 12.3. The second-order valence-electron chi connectivity index (χ2n) is 11.2. The largest absolute Gasteiger partial charge is 0.383 e. The average molecular weight is 540 g/mol. The number of aryl methyl sites for hydroxylation is 1. The number of carbonyl (C=O) groups excluding carboxylic acids is 1. The number of hydrogen-bond acceptors (Lipinski definition) is 2. The molecule has 0 fully saturated rings. The van der Waals surface area contributed by atoms with Crippen LogP contribution in [0.4, 0.5) is 5.69 Å². The van der Waals surface area contributed by atoms with Crippen LogP contribution in [0.25, 0.3) is 5.70 Å². The van der Waals surface area contributed by atoms with Crippen LogP contribution in [0.1, 0.15) is 75.1 Å². The first-order valence-electron chi connectivity index (χ1n) is 15.0. The fourth-order valence-electron chi connectivity index (χ4n) is 5.31. The number of anilines is 1. The first kappa shape index (κ1) is 31.0. The molecule has 214 valence electrons. The van der Waals surface area contributed by atoms with Gasteiger partial charge >= 0.3 is 0 Å². The van der Waals surface area contributed by atoms with Crippen molar-refractivity contribution in [2.45, 2.75) is 72.8 Å². The minimum atomic E-state index is 0.0875. The zero-order chi connectivity index (χ0) is 28.9. The summed E-state index contributed by atoms with van der Waals surface area (Å²) < 4.78 is 2.32. The van der Waals surface area contributed by atoms with Gasteiger partial charge in [-0.15, -0.1) is 0 Å². The molecule has 3 rings (SSSR count). The second kappa shape index (κ2) is 15.9. The van der Waals surface area contributed by atoms with Crippen LogP contribution in [-0.4, -0.2) is 34.5 Å². The normalized spacial score (nSPS) is 15.0. The third-order valence-electron chi connectivity index (χ3n) is 7.87. The summed E-state index contributed by atoms with van der Waals surface area (Å²) in [6.07, 6.45) is 20.9. The Labute approximate surface area is 242 Å². The molecule has 4 nitrogen and oxygen atoms in total. The van der Waals surface area contributed by atoms with E-state index in [0.717, 1.165) is 61.4 Å². The van der Waals surface area contributed by atoms with Crippen molar-refractivity contribution in [3.05, 3.63) is 109 Å². The molecule has 0 radical (unpaired) electrons. The number of aromatic nitrogens is 1. The number of nitrogens with zero attached hydrogens (tertiary/aromatic N) is 2. The molecule has 2 unspecified atom stereocenters. The van der Waals surface area contributed by atoms with Gasteiger partial charge < -0.3 is 14.8 Å². The maximum absolute atomic E-state index is 14.5. The molecule has 1 amide bonds. The van der Waals surface area contributed by atoms with Crippen molar-refractivity contribution >= 4 is 17.3 Å². The standard InChI is InChI=1S/C36H49N3O/c1-7-9-10-11-18-23-35-34(26-30(6)39(35)32-21-16-13-17-22-32)36(40)38(24-8-2)33(25-29(5)28(3)4)27-37-31-19-14-12-15-20-31/h7,9-16,18-21,26,28-29,33,37H,1,8,17,22-25,27H2,2-6H3/b10-9-,18-11-. The molecular formula is C36H49N3O. The summed E-state index contributed by atoms with van der Waals surface area (Å²) in [5.74, 6) is 1.19. The summed E-state index contributed by atoms with van der Waals surface area (Å²) in [4.78, 5) is 16.7. The molecule has 0 saturated heterocycles. The minimum absolute atomic E-state index is 0.0875. The Bertz CT molecular complexity index is 1210. The van der Waals surface area contributed by atoms with Crippen LogP contribution in [0, 0.1) is 18.8 Å². The molecule has 1 aliphatic carbocycles. The molecule has 1 aromatic heterocycles. The minimum Gasteiger partial charge on any atom is -0.383 e. The summed E-state index contributed by atoms with van der Waals surface area (Å²) in [5.41, 5.74) is 5.34. The Morgan fingerprint density at radius 1 is 1.15 bits per heavy atom. The van der Waals surface area contributed by atoms with Crippen LogP contribution in [0.3, 0.4) is 0 Å². The molecule has 1 heterocycles. The molecular weight excluding hydrogens is 490 g/mol. The molecule has 0 bridgehead atoms. The number of nitrogens with one attached hydrogen (secondary N) is 1. The predicted octanol–water partition coefficient (Wildman–Crippen LogP) is 8.84. The molecule has 1 aliphatic rings. The van der Waals surface area contributed by atoms with Crippen LogP contribution >= 0.6 is 0 Å². The summed E-state index contributed by atoms with van der Waals surface area (Å²) >= 11 is 0. The van der Waals surface area contributed by atoms with E-state index < -0.39 is 0 Å². The monoisotopic (exact) mass is 539 g/mol. The fourth-order valence-corrected chi connectivity index (χ4v) is 5.31. The Hall–Kier alpha value is -3.53. The van der Waals surface area contributed by atoms with E-state index in [1.54, 1.807) is 6.08 Å². The molecule has 2 aromatic rings. The fraction of sp³-hybridized carbons (Fsp3) is 0.417.